The first-order valence-corrected chi connectivity index (χ1v) is 6.26. The molecule has 1 aromatic heterocycles. The Morgan fingerprint density at radius 2 is 2.19 bits per heavy atom. The molecule has 0 saturated carbocycles. The molecule has 1 aliphatic rings. The van der Waals surface area contributed by atoms with Crippen LogP contribution in [0.15, 0.2) is 12.5 Å². The van der Waals surface area contributed by atoms with Crippen LogP contribution in [0.25, 0.3) is 0 Å². The van der Waals surface area contributed by atoms with Crippen LogP contribution in [0.3, 0.4) is 0 Å². The third-order valence-corrected chi connectivity index (χ3v) is 3.28. The van der Waals surface area contributed by atoms with E-state index in [1.54, 1.807) is 0 Å². The summed E-state index contributed by atoms with van der Waals surface area (Å²) in [5.41, 5.74) is 7.23. The van der Waals surface area contributed by atoms with Crippen molar-refractivity contribution in [2.24, 2.45) is 5.73 Å². The minimum Gasteiger partial charge on any atom is -0.333 e. The molecule has 0 spiro atoms. The van der Waals surface area contributed by atoms with Crippen molar-refractivity contribution in [3.63, 3.8) is 0 Å². The van der Waals surface area contributed by atoms with Crippen LogP contribution < -0.4 is 5.73 Å². The molecule has 4 heteroatoms. The van der Waals surface area contributed by atoms with Crippen molar-refractivity contribution in [3.05, 3.63) is 18.2 Å². The lowest BCUT2D eigenvalue weighted by molar-refractivity contribution is 0.201. The summed E-state index contributed by atoms with van der Waals surface area (Å²) in [6.07, 6.45) is 7.34. The molecule has 0 bridgehead atoms. The van der Waals surface area contributed by atoms with E-state index in [2.05, 4.69) is 21.4 Å². The summed E-state index contributed by atoms with van der Waals surface area (Å²) in [7, 11) is 0. The Bertz CT molecular complexity index is 313. The molecule has 90 valence electrons. The van der Waals surface area contributed by atoms with Crippen LogP contribution in [-0.4, -0.2) is 33.6 Å². The second-order valence-electron chi connectivity index (χ2n) is 4.69. The molecule has 4 nitrogen and oxygen atoms in total. The summed E-state index contributed by atoms with van der Waals surface area (Å²) >= 11 is 0. The minimum absolute atomic E-state index is 0.414. The molecule has 0 radical (unpaired) electrons. The zero-order valence-corrected chi connectivity index (χ0v) is 10.1. The summed E-state index contributed by atoms with van der Waals surface area (Å²) in [4.78, 5) is 6.71. The largest absolute Gasteiger partial charge is 0.333 e. The molecular formula is C12H22N4. The van der Waals surface area contributed by atoms with Crippen molar-refractivity contribution in [3.8, 4) is 0 Å². The van der Waals surface area contributed by atoms with Crippen LogP contribution in [0.2, 0.25) is 0 Å². The van der Waals surface area contributed by atoms with Crippen LogP contribution >= 0.6 is 0 Å². The molecule has 1 fully saturated rings. The van der Waals surface area contributed by atoms with Gasteiger partial charge >= 0.3 is 0 Å². The Morgan fingerprint density at radius 1 is 1.44 bits per heavy atom. The zero-order chi connectivity index (χ0) is 11.4. The van der Waals surface area contributed by atoms with Gasteiger partial charge in [-0.2, -0.15) is 0 Å². The molecule has 2 heterocycles. The first-order valence-electron chi connectivity index (χ1n) is 6.26. The third kappa shape index (κ3) is 2.83. The van der Waals surface area contributed by atoms with E-state index in [9.17, 15) is 0 Å². The van der Waals surface area contributed by atoms with Crippen LogP contribution in [0.5, 0.6) is 0 Å². The van der Waals surface area contributed by atoms with E-state index in [0.717, 1.165) is 45.4 Å². The van der Waals surface area contributed by atoms with Crippen LogP contribution in [0.4, 0.5) is 0 Å². The summed E-state index contributed by atoms with van der Waals surface area (Å²) in [6, 6.07) is 0.414. The molecule has 0 amide bonds. The van der Waals surface area contributed by atoms with Gasteiger partial charge in [-0.25, -0.2) is 4.98 Å². The smallest absolute Gasteiger partial charge is 0.0948 e. The molecule has 2 rings (SSSR count). The lowest BCUT2D eigenvalue weighted by Gasteiger charge is -2.30. The second kappa shape index (κ2) is 5.46. The number of likely N-dealkylation sites (tertiary alicyclic amines) is 1. The molecule has 0 unspecified atom stereocenters. The lowest BCUT2D eigenvalue weighted by Crippen LogP contribution is -2.39. The van der Waals surface area contributed by atoms with Crippen LogP contribution in [-0.2, 0) is 13.1 Å². The maximum atomic E-state index is 5.90. The van der Waals surface area contributed by atoms with E-state index in [-0.39, 0.29) is 0 Å². The average Bonchev–Trinajstić information content (AvgIpc) is 2.70. The lowest BCUT2D eigenvalue weighted by atomic mass is 10.1. The van der Waals surface area contributed by atoms with Crippen LogP contribution in [0, 0.1) is 0 Å². The molecule has 0 atom stereocenters. The summed E-state index contributed by atoms with van der Waals surface area (Å²) in [5, 5.41) is 0. The molecule has 0 aromatic carbocycles. The first-order chi connectivity index (χ1) is 7.79. The van der Waals surface area contributed by atoms with Crippen molar-refractivity contribution in [1.82, 2.24) is 14.5 Å². The van der Waals surface area contributed by atoms with Gasteiger partial charge in [0.2, 0.25) is 0 Å². The minimum atomic E-state index is 0.414. The van der Waals surface area contributed by atoms with Gasteiger partial charge in [-0.3, -0.25) is 4.90 Å². The quantitative estimate of drug-likeness (QED) is 0.833. The van der Waals surface area contributed by atoms with E-state index >= 15 is 0 Å². The predicted molar refractivity (Wildman–Crippen MR) is 65.0 cm³/mol. The highest BCUT2D eigenvalue weighted by Gasteiger charge is 2.17. The van der Waals surface area contributed by atoms with E-state index in [0.29, 0.717) is 6.04 Å². The molecule has 0 aliphatic carbocycles. The van der Waals surface area contributed by atoms with Crippen molar-refractivity contribution >= 4 is 0 Å². The number of aryl methyl sites for hydroxylation is 1. The molecule has 1 aromatic rings. The molecular weight excluding hydrogens is 200 g/mol. The second-order valence-corrected chi connectivity index (χ2v) is 4.69. The van der Waals surface area contributed by atoms with Gasteiger partial charge in [-0.05, 0) is 19.3 Å². The Labute approximate surface area is 97.4 Å². The van der Waals surface area contributed by atoms with Gasteiger partial charge in [0.1, 0.15) is 0 Å². The highest BCUT2D eigenvalue weighted by Crippen LogP contribution is 2.12. The Balaban J connectivity index is 1.90. The Hall–Kier alpha value is -0.870. The highest BCUT2D eigenvalue weighted by atomic mass is 15.2. The van der Waals surface area contributed by atoms with Crippen molar-refractivity contribution < 1.29 is 0 Å². The predicted octanol–water partition coefficient (Wildman–Crippen LogP) is 1.22. The van der Waals surface area contributed by atoms with Gasteiger partial charge in [-0.15, -0.1) is 0 Å². The number of piperidine rings is 1. The summed E-state index contributed by atoms with van der Waals surface area (Å²) in [5.74, 6) is 0. The first kappa shape index (κ1) is 11.6. The molecule has 1 aliphatic heterocycles. The van der Waals surface area contributed by atoms with Crippen molar-refractivity contribution in [1.29, 1.82) is 0 Å². The number of aromatic nitrogens is 2. The van der Waals surface area contributed by atoms with Crippen molar-refractivity contribution in [2.45, 2.75) is 45.3 Å². The highest BCUT2D eigenvalue weighted by molar-refractivity contribution is 4.98. The van der Waals surface area contributed by atoms with Gasteiger partial charge in [-0.1, -0.05) is 6.92 Å². The Morgan fingerprint density at radius 3 is 2.88 bits per heavy atom. The average molecular weight is 222 g/mol. The fourth-order valence-corrected chi connectivity index (χ4v) is 2.26. The van der Waals surface area contributed by atoms with E-state index < -0.39 is 0 Å². The number of nitrogens with zero attached hydrogens (tertiary/aromatic N) is 3. The Kier molecular flexibility index (Phi) is 3.96. The van der Waals surface area contributed by atoms with Gasteiger partial charge in [0.15, 0.2) is 0 Å². The molecule has 16 heavy (non-hydrogen) atoms. The number of imidazole rings is 1. The SMILES string of the molecule is CCCn1cncc1CN1CCC(N)CC1. The number of hydrogen-bond acceptors (Lipinski definition) is 3. The maximum Gasteiger partial charge on any atom is 0.0948 e. The zero-order valence-electron chi connectivity index (χ0n) is 10.1. The van der Waals surface area contributed by atoms with E-state index in [4.69, 9.17) is 5.73 Å². The van der Waals surface area contributed by atoms with E-state index in [1.807, 2.05) is 12.5 Å². The van der Waals surface area contributed by atoms with Gasteiger partial charge in [0.05, 0.1) is 12.0 Å². The van der Waals surface area contributed by atoms with Crippen LogP contribution in [0.1, 0.15) is 31.9 Å². The summed E-state index contributed by atoms with van der Waals surface area (Å²) in [6.45, 7) is 6.54. The number of hydrogen-bond donors (Lipinski definition) is 1. The number of rotatable bonds is 4. The van der Waals surface area contributed by atoms with Gasteiger partial charge in [0, 0.05) is 38.4 Å². The normalized spacial score (nSPS) is 19.1. The standard InChI is InChI=1S/C12H22N4/c1-2-5-16-10-14-8-12(16)9-15-6-3-11(13)4-7-15/h8,10-11H,2-7,9,13H2,1H3. The summed E-state index contributed by atoms with van der Waals surface area (Å²) < 4.78 is 2.26. The fraction of sp³-hybridized carbons (Fsp3) is 0.750. The van der Waals surface area contributed by atoms with E-state index in [1.165, 1.54) is 5.69 Å². The third-order valence-electron chi connectivity index (χ3n) is 3.28. The monoisotopic (exact) mass is 222 g/mol. The maximum absolute atomic E-state index is 5.90. The molecule has 2 N–H and O–H groups in total. The fourth-order valence-electron chi connectivity index (χ4n) is 2.26. The topological polar surface area (TPSA) is 47.1 Å². The van der Waals surface area contributed by atoms with Gasteiger partial charge in [0.25, 0.3) is 0 Å². The molecule has 1 saturated heterocycles. The number of nitrogens with two attached hydrogens (primary N) is 1. The van der Waals surface area contributed by atoms with Crippen molar-refractivity contribution in [2.75, 3.05) is 13.1 Å². The van der Waals surface area contributed by atoms with Gasteiger partial charge < -0.3 is 10.3 Å².